The second-order valence-corrected chi connectivity index (χ2v) is 6.19. The number of benzene rings is 3. The lowest BCUT2D eigenvalue weighted by Gasteiger charge is -2.14. The highest BCUT2D eigenvalue weighted by Gasteiger charge is 2.35. The van der Waals surface area contributed by atoms with Crippen LogP contribution >= 0.6 is 0 Å². The molecule has 0 aliphatic carbocycles. The predicted molar refractivity (Wildman–Crippen MR) is 100.0 cm³/mol. The molecule has 0 fully saturated rings. The molecule has 4 heterocycles. The summed E-state index contributed by atoms with van der Waals surface area (Å²) in [6.45, 7) is 0. The van der Waals surface area contributed by atoms with Crippen molar-refractivity contribution < 1.29 is 14.4 Å². The summed E-state index contributed by atoms with van der Waals surface area (Å²) in [4.78, 5) is 39.2. The van der Waals surface area contributed by atoms with E-state index in [1.807, 2.05) is 0 Å². The van der Waals surface area contributed by atoms with Gasteiger partial charge in [-0.1, -0.05) is 30.3 Å². The minimum atomic E-state index is -1.43. The number of hydrogen-bond donors (Lipinski definition) is 0. The van der Waals surface area contributed by atoms with Gasteiger partial charge < -0.3 is 0 Å². The molecule has 5 heteroatoms. The van der Waals surface area contributed by atoms with Crippen LogP contribution in [0, 0.1) is 5.92 Å². The number of carbonyl (C=O) groups excluding carboxylic acids is 3. The van der Waals surface area contributed by atoms with Crippen LogP contribution < -0.4 is 0 Å². The van der Waals surface area contributed by atoms with Crippen molar-refractivity contribution in [1.82, 2.24) is 0 Å². The van der Waals surface area contributed by atoms with Gasteiger partial charge in [-0.2, -0.15) is 10.2 Å². The summed E-state index contributed by atoms with van der Waals surface area (Å²) < 4.78 is 0. The zero-order valence-corrected chi connectivity index (χ0v) is 14.2. The predicted octanol–water partition coefficient (Wildman–Crippen LogP) is 4.98. The quantitative estimate of drug-likeness (QED) is 0.481. The van der Waals surface area contributed by atoms with Crippen LogP contribution in [0.15, 0.2) is 89.1 Å². The van der Waals surface area contributed by atoms with Gasteiger partial charge in [-0.15, -0.1) is 0 Å². The lowest BCUT2D eigenvalue weighted by Crippen LogP contribution is -2.32. The minimum Gasteiger partial charge on any atom is -0.293 e. The summed E-state index contributed by atoms with van der Waals surface area (Å²) in [7, 11) is 0. The molecule has 0 saturated heterocycles. The van der Waals surface area contributed by atoms with Crippen molar-refractivity contribution in [3.63, 3.8) is 0 Å². The van der Waals surface area contributed by atoms with Crippen molar-refractivity contribution >= 4 is 28.7 Å². The average Bonchev–Trinajstić information content (AvgIpc) is 2.75. The van der Waals surface area contributed by atoms with Crippen LogP contribution in [0.4, 0.5) is 11.4 Å². The van der Waals surface area contributed by atoms with Gasteiger partial charge in [-0.25, -0.2) is 0 Å². The van der Waals surface area contributed by atoms with Gasteiger partial charge in [0.05, 0.1) is 11.4 Å². The van der Waals surface area contributed by atoms with Gasteiger partial charge in [0.2, 0.25) is 0 Å². The van der Waals surface area contributed by atoms with E-state index in [1.165, 1.54) is 0 Å². The second kappa shape index (κ2) is 6.88. The molecule has 7 rings (SSSR count). The largest absolute Gasteiger partial charge is 0.293 e. The topological polar surface area (TPSA) is 75.9 Å². The lowest BCUT2D eigenvalue weighted by atomic mass is 9.84. The Kier molecular flexibility index (Phi) is 4.26. The van der Waals surface area contributed by atoms with Crippen LogP contribution in [0.1, 0.15) is 31.1 Å². The zero-order valence-electron chi connectivity index (χ0n) is 14.2. The lowest BCUT2D eigenvalue weighted by molar-refractivity contribution is 0.0733. The average molecular weight is 354 g/mol. The number of Topliss-reactive ketones (excluding diaryl/α,β-unsaturated/α-hetero) is 3. The maximum atomic E-state index is 13.1. The molecule has 0 N–H and O–H groups in total. The maximum Gasteiger partial charge on any atom is 0.181 e. The Morgan fingerprint density at radius 3 is 1.52 bits per heavy atom. The maximum absolute atomic E-state index is 13.1. The molecular weight excluding hydrogens is 340 g/mol. The Morgan fingerprint density at radius 1 is 0.630 bits per heavy atom. The summed E-state index contributed by atoms with van der Waals surface area (Å²) in [6, 6.07) is 21.2. The van der Waals surface area contributed by atoms with E-state index >= 15 is 0 Å². The van der Waals surface area contributed by atoms with Crippen molar-refractivity contribution in [2.45, 2.75) is 0 Å². The zero-order chi connectivity index (χ0) is 18.8. The third kappa shape index (κ3) is 3.22. The summed E-state index contributed by atoms with van der Waals surface area (Å²) in [5.74, 6) is -3.00. The Morgan fingerprint density at radius 2 is 1.07 bits per heavy atom. The van der Waals surface area contributed by atoms with Crippen molar-refractivity contribution in [2.75, 3.05) is 0 Å². The van der Waals surface area contributed by atoms with Crippen molar-refractivity contribution in [2.24, 2.45) is 16.1 Å². The molecule has 0 aromatic heterocycles. The molecule has 4 aliphatic rings. The van der Waals surface area contributed by atoms with Crippen molar-refractivity contribution in [3.8, 4) is 0 Å². The Bertz CT molecular complexity index is 991. The fraction of sp³-hybridized carbons (Fsp3) is 0.0455. The number of nitrogens with zero attached hydrogens (tertiary/aromatic N) is 2. The smallest absolute Gasteiger partial charge is 0.181 e. The number of hydrogen-bond acceptors (Lipinski definition) is 5. The Balaban J connectivity index is 1.88. The van der Waals surface area contributed by atoms with Gasteiger partial charge in [0.15, 0.2) is 17.3 Å². The van der Waals surface area contributed by atoms with Gasteiger partial charge in [-0.3, -0.25) is 14.4 Å². The molecule has 0 unspecified atom stereocenters. The Labute approximate surface area is 155 Å². The molecule has 3 aromatic rings. The van der Waals surface area contributed by atoms with Crippen LogP contribution in [0.2, 0.25) is 0 Å². The molecule has 0 amide bonds. The highest BCUT2D eigenvalue weighted by Crippen LogP contribution is 2.25. The number of rotatable bonds is 2. The summed E-state index contributed by atoms with van der Waals surface area (Å²) in [5, 5.41) is 8.22. The third-order valence-electron chi connectivity index (χ3n) is 4.43. The first kappa shape index (κ1) is 16.7. The summed E-state index contributed by atoms with van der Waals surface area (Å²) in [6.07, 6.45) is 0. The van der Waals surface area contributed by atoms with Gasteiger partial charge in [-0.05, 0) is 48.5 Å². The molecule has 27 heavy (non-hydrogen) atoms. The van der Waals surface area contributed by atoms with Crippen LogP contribution in [0.25, 0.3) is 0 Å². The first-order valence-electron chi connectivity index (χ1n) is 8.43. The van der Waals surface area contributed by atoms with Crippen LogP contribution in [-0.4, -0.2) is 17.3 Å². The van der Waals surface area contributed by atoms with E-state index in [0.717, 1.165) is 0 Å². The van der Waals surface area contributed by atoms with Gasteiger partial charge >= 0.3 is 0 Å². The van der Waals surface area contributed by atoms with Crippen LogP contribution in [0.3, 0.4) is 0 Å². The van der Waals surface area contributed by atoms with Crippen LogP contribution in [-0.2, 0) is 0 Å². The van der Waals surface area contributed by atoms with E-state index in [0.29, 0.717) is 16.9 Å². The van der Waals surface area contributed by atoms with Crippen molar-refractivity contribution in [1.29, 1.82) is 0 Å². The van der Waals surface area contributed by atoms with E-state index in [9.17, 15) is 14.4 Å². The van der Waals surface area contributed by atoms with E-state index in [-0.39, 0.29) is 11.1 Å². The van der Waals surface area contributed by atoms with Gasteiger partial charge in [0, 0.05) is 16.7 Å². The van der Waals surface area contributed by atoms with Crippen LogP contribution in [0.5, 0.6) is 0 Å². The minimum absolute atomic E-state index is 0.284. The normalized spacial score (nSPS) is 13.9. The van der Waals surface area contributed by atoms with Crippen molar-refractivity contribution in [3.05, 3.63) is 95.6 Å². The first-order chi connectivity index (χ1) is 13.1. The van der Waals surface area contributed by atoms with E-state index in [4.69, 9.17) is 0 Å². The molecule has 0 radical (unpaired) electrons. The molecule has 4 aliphatic heterocycles. The number of azo groups is 1. The number of ketones is 3. The molecule has 130 valence electrons. The molecule has 0 spiro atoms. The fourth-order valence-corrected chi connectivity index (χ4v) is 2.96. The molecule has 0 atom stereocenters. The highest BCUT2D eigenvalue weighted by atomic mass is 16.2. The SMILES string of the molecule is O=C(c1ccccc1)C1C(=O)c2ccc(cc2)N=Nc2ccc(cc2)C1=O. The summed E-state index contributed by atoms with van der Waals surface area (Å²) >= 11 is 0. The third-order valence-corrected chi connectivity index (χ3v) is 4.43. The molecule has 3 aromatic carbocycles. The first-order valence-corrected chi connectivity index (χ1v) is 8.43. The molecule has 5 nitrogen and oxygen atoms in total. The monoisotopic (exact) mass is 354 g/mol. The van der Waals surface area contributed by atoms with Gasteiger partial charge in [0.1, 0.15) is 5.92 Å². The summed E-state index contributed by atoms with van der Waals surface area (Å²) in [5.41, 5.74) is 2.05. The van der Waals surface area contributed by atoms with E-state index in [1.54, 1.807) is 78.9 Å². The standard InChI is InChI=1S/C22H14N2O3/c25-20(14-4-2-1-3-5-14)19-21(26)15-6-10-17(11-7-15)23-24-18-12-8-16(9-13-18)22(19)27/h1-13,19H. The molecular formula is C22H14N2O3. The van der Waals surface area contributed by atoms with E-state index < -0.39 is 23.3 Å². The molecule has 4 bridgehead atoms. The highest BCUT2D eigenvalue weighted by molar-refractivity contribution is 6.31. The number of carbonyl (C=O) groups is 3. The Hall–Kier alpha value is -3.73. The fourth-order valence-electron chi connectivity index (χ4n) is 2.96. The molecule has 0 saturated carbocycles. The second-order valence-electron chi connectivity index (χ2n) is 6.19. The van der Waals surface area contributed by atoms with E-state index in [2.05, 4.69) is 10.2 Å². The van der Waals surface area contributed by atoms with Gasteiger partial charge in [0.25, 0.3) is 0 Å².